The van der Waals surface area contributed by atoms with Gasteiger partial charge in [0.05, 0.1) is 12.7 Å². The van der Waals surface area contributed by atoms with Crippen LogP contribution in [0.25, 0.3) is 0 Å². The normalized spacial score (nSPS) is 25.3. The summed E-state index contributed by atoms with van der Waals surface area (Å²) in [5, 5.41) is 6.09. The van der Waals surface area contributed by atoms with Crippen molar-refractivity contribution in [3.63, 3.8) is 0 Å². The highest BCUT2D eigenvalue weighted by molar-refractivity contribution is 5.97. The summed E-state index contributed by atoms with van der Waals surface area (Å²) in [4.78, 5) is 26.2. The largest absolute Gasteiger partial charge is 0.375 e. The maximum absolute atomic E-state index is 12.4. The Kier molecular flexibility index (Phi) is 4.93. The molecule has 2 aliphatic heterocycles. The number of morpholine rings is 1. The van der Waals surface area contributed by atoms with E-state index >= 15 is 0 Å². The van der Waals surface area contributed by atoms with Crippen molar-refractivity contribution in [1.29, 1.82) is 0 Å². The lowest BCUT2D eigenvalue weighted by molar-refractivity contribution is -0.123. The number of ether oxygens (including phenoxy) is 1. The van der Waals surface area contributed by atoms with E-state index in [-0.39, 0.29) is 24.0 Å². The van der Waals surface area contributed by atoms with Gasteiger partial charge < -0.3 is 20.3 Å². The molecule has 2 saturated heterocycles. The second-order valence-corrected chi connectivity index (χ2v) is 6.05. The van der Waals surface area contributed by atoms with Gasteiger partial charge in [-0.3, -0.25) is 9.59 Å². The third-order valence-electron chi connectivity index (χ3n) is 4.35. The summed E-state index contributed by atoms with van der Waals surface area (Å²) < 4.78 is 5.51. The van der Waals surface area contributed by atoms with Crippen LogP contribution in [0.4, 0.5) is 11.4 Å². The van der Waals surface area contributed by atoms with Gasteiger partial charge in [-0.2, -0.15) is 0 Å². The van der Waals surface area contributed by atoms with Crippen LogP contribution in [0.5, 0.6) is 0 Å². The first-order chi connectivity index (χ1) is 11.1. The van der Waals surface area contributed by atoms with Crippen LogP contribution < -0.4 is 15.5 Å². The van der Waals surface area contributed by atoms with E-state index < -0.39 is 0 Å². The number of hydrogen-bond donors (Lipinski definition) is 2. The first kappa shape index (κ1) is 16.0. The summed E-state index contributed by atoms with van der Waals surface area (Å²) in [5.41, 5.74) is 1.54. The molecule has 0 aromatic heterocycles. The predicted molar refractivity (Wildman–Crippen MR) is 88.5 cm³/mol. The quantitative estimate of drug-likeness (QED) is 0.887. The number of piperidine rings is 1. The third-order valence-corrected chi connectivity index (χ3v) is 4.35. The molecular weight excluding hydrogens is 294 g/mol. The molecule has 23 heavy (non-hydrogen) atoms. The summed E-state index contributed by atoms with van der Waals surface area (Å²) in [6, 6.07) is 7.11. The summed E-state index contributed by atoms with van der Waals surface area (Å²) in [7, 11) is 0. The molecule has 3 rings (SSSR count). The van der Waals surface area contributed by atoms with Crippen molar-refractivity contribution < 1.29 is 14.3 Å². The highest BCUT2D eigenvalue weighted by Gasteiger charge is 2.28. The summed E-state index contributed by atoms with van der Waals surface area (Å²) in [6.45, 7) is 3.92. The molecule has 0 radical (unpaired) electrons. The molecule has 0 bridgehead atoms. The average Bonchev–Trinajstić information content (AvgIpc) is 2.56. The van der Waals surface area contributed by atoms with Gasteiger partial charge in [0, 0.05) is 30.9 Å². The number of amides is 2. The van der Waals surface area contributed by atoms with Gasteiger partial charge in [0.25, 0.3) is 0 Å². The molecule has 0 unspecified atom stereocenters. The van der Waals surface area contributed by atoms with E-state index in [1.165, 1.54) is 0 Å². The zero-order valence-electron chi connectivity index (χ0n) is 13.4. The Labute approximate surface area is 136 Å². The molecule has 2 atom stereocenters. The van der Waals surface area contributed by atoms with E-state index in [9.17, 15) is 9.59 Å². The molecule has 2 amide bonds. The van der Waals surface area contributed by atoms with Gasteiger partial charge >= 0.3 is 0 Å². The van der Waals surface area contributed by atoms with Crippen molar-refractivity contribution in [2.24, 2.45) is 0 Å². The molecular formula is C17H23N3O3. The van der Waals surface area contributed by atoms with Crippen LogP contribution in [-0.4, -0.2) is 43.7 Å². The molecule has 6 nitrogen and oxygen atoms in total. The Balaban J connectivity index is 1.69. The van der Waals surface area contributed by atoms with Crippen molar-refractivity contribution in [3.05, 3.63) is 24.3 Å². The Morgan fingerprint density at radius 3 is 3.04 bits per heavy atom. The maximum Gasteiger partial charge on any atom is 0.244 e. The van der Waals surface area contributed by atoms with Crippen LogP contribution >= 0.6 is 0 Å². The Morgan fingerprint density at radius 2 is 2.26 bits per heavy atom. The molecule has 2 fully saturated rings. The lowest BCUT2D eigenvalue weighted by Crippen LogP contribution is -2.53. The molecule has 2 N–H and O–H groups in total. The number of nitrogens with one attached hydrogen (secondary N) is 2. The van der Waals surface area contributed by atoms with Crippen molar-refractivity contribution in [2.45, 2.75) is 38.3 Å². The second kappa shape index (κ2) is 7.10. The summed E-state index contributed by atoms with van der Waals surface area (Å²) in [6.07, 6.45) is 2.41. The van der Waals surface area contributed by atoms with E-state index in [2.05, 4.69) is 10.6 Å². The Bertz CT molecular complexity index is 590. The van der Waals surface area contributed by atoms with E-state index in [1.807, 2.05) is 31.2 Å². The van der Waals surface area contributed by atoms with Gasteiger partial charge in [-0.1, -0.05) is 6.07 Å². The smallest absolute Gasteiger partial charge is 0.244 e. The topological polar surface area (TPSA) is 70.7 Å². The second-order valence-electron chi connectivity index (χ2n) is 6.05. The number of carbonyl (C=O) groups excluding carboxylic acids is 2. The van der Waals surface area contributed by atoms with Crippen molar-refractivity contribution in [1.82, 2.24) is 5.32 Å². The van der Waals surface area contributed by atoms with Crippen LogP contribution in [0.1, 0.15) is 26.2 Å². The Hall–Kier alpha value is -1.92. The molecule has 1 aromatic rings. The zero-order valence-corrected chi connectivity index (χ0v) is 13.4. The minimum absolute atomic E-state index is 0.112. The maximum atomic E-state index is 12.4. The molecule has 0 spiro atoms. The van der Waals surface area contributed by atoms with Gasteiger partial charge in [0.15, 0.2) is 0 Å². The fourth-order valence-corrected chi connectivity index (χ4v) is 3.08. The predicted octanol–water partition coefficient (Wildman–Crippen LogP) is 1.52. The Morgan fingerprint density at radius 1 is 1.39 bits per heavy atom. The molecule has 2 heterocycles. The molecule has 2 aliphatic rings. The molecule has 1 aromatic carbocycles. The third kappa shape index (κ3) is 3.71. The fourth-order valence-electron chi connectivity index (χ4n) is 3.08. The molecule has 0 aliphatic carbocycles. The number of nitrogens with zero attached hydrogens (tertiary/aromatic N) is 1. The monoisotopic (exact) mass is 317 g/mol. The average molecular weight is 317 g/mol. The molecule has 6 heteroatoms. The molecule has 124 valence electrons. The van der Waals surface area contributed by atoms with E-state index in [1.54, 1.807) is 4.90 Å². The van der Waals surface area contributed by atoms with Crippen molar-refractivity contribution in [2.75, 3.05) is 29.9 Å². The highest BCUT2D eigenvalue weighted by atomic mass is 16.5. The number of rotatable bonds is 3. The van der Waals surface area contributed by atoms with Crippen LogP contribution in [0.2, 0.25) is 0 Å². The number of benzene rings is 1. The van der Waals surface area contributed by atoms with Crippen LogP contribution in [0, 0.1) is 0 Å². The SMILES string of the molecule is C[C@H]1OCCN[C@@H]1C(=O)Nc1cccc(N2CCCCC2=O)c1. The van der Waals surface area contributed by atoms with Gasteiger partial charge in [-0.05, 0) is 38.0 Å². The highest BCUT2D eigenvalue weighted by Crippen LogP contribution is 2.24. The van der Waals surface area contributed by atoms with E-state index in [0.717, 1.165) is 25.1 Å². The van der Waals surface area contributed by atoms with Crippen LogP contribution in [0.15, 0.2) is 24.3 Å². The fraction of sp³-hybridized carbons (Fsp3) is 0.529. The standard InChI is InChI=1S/C17H23N3O3/c1-12-16(18-8-10-23-12)17(22)19-13-5-4-6-14(11-13)20-9-3-2-7-15(20)21/h4-6,11-12,16,18H,2-3,7-10H2,1H3,(H,19,22)/t12-,16+/m1/s1. The van der Waals surface area contributed by atoms with Crippen molar-refractivity contribution in [3.8, 4) is 0 Å². The van der Waals surface area contributed by atoms with Crippen LogP contribution in [0.3, 0.4) is 0 Å². The van der Waals surface area contributed by atoms with E-state index in [4.69, 9.17) is 4.74 Å². The van der Waals surface area contributed by atoms with Gasteiger partial charge in [0.2, 0.25) is 11.8 Å². The van der Waals surface area contributed by atoms with Crippen molar-refractivity contribution >= 4 is 23.2 Å². The van der Waals surface area contributed by atoms with Crippen LogP contribution in [-0.2, 0) is 14.3 Å². The van der Waals surface area contributed by atoms with E-state index in [0.29, 0.717) is 25.3 Å². The number of carbonyl (C=O) groups is 2. The number of anilines is 2. The number of hydrogen-bond acceptors (Lipinski definition) is 4. The first-order valence-electron chi connectivity index (χ1n) is 8.21. The minimum atomic E-state index is -0.357. The summed E-state index contributed by atoms with van der Waals surface area (Å²) in [5.74, 6) is 0.0371. The van der Waals surface area contributed by atoms with Gasteiger partial charge in [-0.25, -0.2) is 0 Å². The van der Waals surface area contributed by atoms with Gasteiger partial charge in [-0.15, -0.1) is 0 Å². The minimum Gasteiger partial charge on any atom is -0.375 e. The zero-order chi connectivity index (χ0) is 16.2. The first-order valence-corrected chi connectivity index (χ1v) is 8.21. The lowest BCUT2D eigenvalue weighted by Gasteiger charge is -2.29. The molecule has 0 saturated carbocycles. The van der Waals surface area contributed by atoms with Gasteiger partial charge in [0.1, 0.15) is 6.04 Å². The lowest BCUT2D eigenvalue weighted by atomic mass is 10.1. The summed E-state index contributed by atoms with van der Waals surface area (Å²) >= 11 is 0.